The third-order valence-electron chi connectivity index (χ3n) is 5.90. The maximum Gasteiger partial charge on any atom is 0.0793 e. The molecule has 0 amide bonds. The van der Waals surface area contributed by atoms with Crippen molar-refractivity contribution in [3.63, 3.8) is 0 Å². The Hall–Kier alpha value is -0.240. The van der Waals surface area contributed by atoms with Crippen LogP contribution in [0.15, 0.2) is 0 Å². The van der Waals surface area contributed by atoms with Gasteiger partial charge in [0.25, 0.3) is 0 Å². The van der Waals surface area contributed by atoms with Crippen molar-refractivity contribution in [2.24, 2.45) is 0 Å². The van der Waals surface area contributed by atoms with Gasteiger partial charge < -0.3 is 14.7 Å². The average molecular weight is 341 g/mol. The number of hydrogen-bond donors (Lipinski definition) is 1. The first-order valence-corrected chi connectivity index (χ1v) is 9.84. The molecule has 3 saturated heterocycles. The van der Waals surface area contributed by atoms with Crippen molar-refractivity contribution in [2.45, 2.75) is 31.4 Å². The van der Waals surface area contributed by atoms with Crippen LogP contribution in [0.4, 0.5) is 0 Å². The van der Waals surface area contributed by atoms with E-state index in [4.69, 9.17) is 4.74 Å². The predicted octanol–water partition coefficient (Wildman–Crippen LogP) is -0.219. The summed E-state index contributed by atoms with van der Waals surface area (Å²) in [6.45, 7) is 12.1. The van der Waals surface area contributed by atoms with Gasteiger partial charge in [-0.05, 0) is 26.4 Å². The molecular weight excluding hydrogens is 304 g/mol. The minimum atomic E-state index is -0.237. The summed E-state index contributed by atoms with van der Waals surface area (Å²) in [5.41, 5.74) is 0. The molecule has 0 aromatic rings. The normalized spacial score (nSPS) is 30.5. The van der Waals surface area contributed by atoms with Crippen molar-refractivity contribution < 1.29 is 9.84 Å². The molecule has 6 nitrogen and oxygen atoms in total. The molecule has 0 aliphatic carbocycles. The van der Waals surface area contributed by atoms with Crippen molar-refractivity contribution in [1.29, 1.82) is 0 Å². The third kappa shape index (κ3) is 5.64. The number of likely N-dealkylation sites (N-methyl/N-ethyl adjacent to an activating group) is 1. The number of aliphatic hydroxyl groups excluding tert-OH is 1. The summed E-state index contributed by atoms with van der Waals surface area (Å²) in [6, 6.07) is 0.747. The summed E-state index contributed by atoms with van der Waals surface area (Å²) in [5, 5.41) is 10.4. The van der Waals surface area contributed by atoms with E-state index in [1.54, 1.807) is 0 Å². The standard InChI is InChI=1S/C18H36N4O2/c1-19-5-3-2-4-17(19)14-20-6-8-21(9-7-20)15-18(23)16-22-10-12-24-13-11-22/h17-18,23H,2-16H2,1H3/t17-,18-/m1/s1. The van der Waals surface area contributed by atoms with Crippen LogP contribution in [0, 0.1) is 0 Å². The highest BCUT2D eigenvalue weighted by molar-refractivity contribution is 4.82. The lowest BCUT2D eigenvalue weighted by atomic mass is 10.0. The molecule has 0 unspecified atom stereocenters. The predicted molar refractivity (Wildman–Crippen MR) is 96.4 cm³/mol. The molecule has 24 heavy (non-hydrogen) atoms. The Morgan fingerprint density at radius 2 is 1.50 bits per heavy atom. The Labute approximate surface area is 147 Å². The number of hydrogen-bond acceptors (Lipinski definition) is 6. The lowest BCUT2D eigenvalue weighted by Gasteiger charge is -2.40. The van der Waals surface area contributed by atoms with Crippen molar-refractivity contribution in [2.75, 3.05) is 85.7 Å². The van der Waals surface area contributed by atoms with Crippen LogP contribution in [0.2, 0.25) is 0 Å². The highest BCUT2D eigenvalue weighted by Gasteiger charge is 2.25. The first-order chi connectivity index (χ1) is 11.7. The number of ether oxygens (including phenoxy) is 1. The Morgan fingerprint density at radius 1 is 0.875 bits per heavy atom. The van der Waals surface area contributed by atoms with E-state index in [-0.39, 0.29) is 6.10 Å². The van der Waals surface area contributed by atoms with E-state index in [2.05, 4.69) is 26.6 Å². The second-order valence-corrected chi connectivity index (χ2v) is 7.80. The zero-order chi connectivity index (χ0) is 16.8. The molecule has 1 N–H and O–H groups in total. The highest BCUT2D eigenvalue weighted by atomic mass is 16.5. The van der Waals surface area contributed by atoms with Crippen LogP contribution in [0.3, 0.4) is 0 Å². The monoisotopic (exact) mass is 340 g/mol. The summed E-state index contributed by atoms with van der Waals surface area (Å²) in [6.07, 6.45) is 3.87. The summed E-state index contributed by atoms with van der Waals surface area (Å²) in [4.78, 5) is 9.93. The van der Waals surface area contributed by atoms with Crippen LogP contribution in [-0.4, -0.2) is 123 Å². The fourth-order valence-corrected chi connectivity index (χ4v) is 4.26. The SMILES string of the molecule is CN1CCCC[C@@H]1CN1CCN(C[C@@H](O)CN2CCOCC2)CC1. The Bertz CT molecular complexity index is 357. The molecule has 0 radical (unpaired) electrons. The van der Waals surface area contributed by atoms with Crippen LogP contribution < -0.4 is 0 Å². The third-order valence-corrected chi connectivity index (χ3v) is 5.90. The molecule has 3 fully saturated rings. The van der Waals surface area contributed by atoms with Gasteiger partial charge in [0.05, 0.1) is 19.3 Å². The van der Waals surface area contributed by atoms with Crippen LogP contribution in [-0.2, 0) is 4.74 Å². The molecule has 3 heterocycles. The smallest absolute Gasteiger partial charge is 0.0793 e. The zero-order valence-corrected chi connectivity index (χ0v) is 15.4. The van der Waals surface area contributed by atoms with E-state index < -0.39 is 0 Å². The molecule has 3 rings (SSSR count). The number of piperidine rings is 1. The maximum absolute atomic E-state index is 10.4. The van der Waals surface area contributed by atoms with Gasteiger partial charge >= 0.3 is 0 Å². The van der Waals surface area contributed by atoms with Gasteiger partial charge in [0.15, 0.2) is 0 Å². The number of morpholine rings is 1. The zero-order valence-electron chi connectivity index (χ0n) is 15.4. The molecule has 140 valence electrons. The minimum absolute atomic E-state index is 0.237. The largest absolute Gasteiger partial charge is 0.390 e. The Morgan fingerprint density at radius 3 is 2.17 bits per heavy atom. The van der Waals surface area contributed by atoms with Gasteiger partial charge in [0.1, 0.15) is 0 Å². The molecule has 6 heteroatoms. The lowest BCUT2D eigenvalue weighted by Crippen LogP contribution is -2.53. The van der Waals surface area contributed by atoms with E-state index in [1.165, 1.54) is 32.4 Å². The van der Waals surface area contributed by atoms with E-state index >= 15 is 0 Å². The Balaban J connectivity index is 1.32. The molecule has 3 aliphatic heterocycles. The van der Waals surface area contributed by atoms with E-state index in [9.17, 15) is 5.11 Å². The van der Waals surface area contributed by atoms with E-state index in [0.29, 0.717) is 0 Å². The molecule has 0 aromatic heterocycles. The van der Waals surface area contributed by atoms with Gasteiger partial charge in [0.2, 0.25) is 0 Å². The molecule has 2 atom stereocenters. The molecule has 0 aromatic carbocycles. The van der Waals surface area contributed by atoms with Crippen LogP contribution in [0.1, 0.15) is 19.3 Å². The minimum Gasteiger partial charge on any atom is -0.390 e. The average Bonchev–Trinajstić information content (AvgIpc) is 2.59. The van der Waals surface area contributed by atoms with E-state index in [1.807, 2.05) is 0 Å². The first kappa shape index (κ1) is 18.5. The van der Waals surface area contributed by atoms with Crippen molar-refractivity contribution in [1.82, 2.24) is 19.6 Å². The number of likely N-dealkylation sites (tertiary alicyclic amines) is 1. The summed E-state index contributed by atoms with van der Waals surface area (Å²) >= 11 is 0. The molecule has 3 aliphatic rings. The number of β-amino-alcohol motifs (C(OH)–C–C–N with tert-alkyl or cyclic N) is 1. The quantitative estimate of drug-likeness (QED) is 0.721. The van der Waals surface area contributed by atoms with E-state index in [0.717, 1.165) is 71.6 Å². The van der Waals surface area contributed by atoms with Crippen molar-refractivity contribution in [3.8, 4) is 0 Å². The van der Waals surface area contributed by atoms with Gasteiger partial charge in [-0.3, -0.25) is 14.7 Å². The number of aliphatic hydroxyl groups is 1. The molecule has 0 spiro atoms. The number of nitrogens with zero attached hydrogens (tertiary/aromatic N) is 4. The van der Waals surface area contributed by atoms with Gasteiger partial charge in [0, 0.05) is 64.9 Å². The van der Waals surface area contributed by atoms with Gasteiger partial charge in [-0.1, -0.05) is 6.42 Å². The fraction of sp³-hybridized carbons (Fsp3) is 1.00. The maximum atomic E-state index is 10.4. The molecule has 0 saturated carbocycles. The second-order valence-electron chi connectivity index (χ2n) is 7.80. The van der Waals surface area contributed by atoms with Crippen molar-refractivity contribution >= 4 is 0 Å². The molecule has 0 bridgehead atoms. The summed E-state index contributed by atoms with van der Waals surface area (Å²) in [7, 11) is 2.28. The van der Waals surface area contributed by atoms with Crippen LogP contribution in [0.25, 0.3) is 0 Å². The van der Waals surface area contributed by atoms with Gasteiger partial charge in [-0.25, -0.2) is 0 Å². The van der Waals surface area contributed by atoms with Gasteiger partial charge in [-0.2, -0.15) is 0 Å². The molecular formula is C18H36N4O2. The Kier molecular flexibility index (Phi) is 7.31. The number of rotatable bonds is 6. The van der Waals surface area contributed by atoms with Crippen LogP contribution in [0.5, 0.6) is 0 Å². The fourth-order valence-electron chi connectivity index (χ4n) is 4.26. The summed E-state index contributed by atoms with van der Waals surface area (Å²) in [5.74, 6) is 0. The highest BCUT2D eigenvalue weighted by Crippen LogP contribution is 2.17. The van der Waals surface area contributed by atoms with Gasteiger partial charge in [-0.15, -0.1) is 0 Å². The lowest BCUT2D eigenvalue weighted by molar-refractivity contribution is 0.00109. The number of piperazine rings is 1. The van der Waals surface area contributed by atoms with Crippen molar-refractivity contribution in [3.05, 3.63) is 0 Å². The topological polar surface area (TPSA) is 42.4 Å². The first-order valence-electron chi connectivity index (χ1n) is 9.84. The second kappa shape index (κ2) is 9.46. The summed E-state index contributed by atoms with van der Waals surface area (Å²) < 4.78 is 5.37. The van der Waals surface area contributed by atoms with Crippen LogP contribution >= 0.6 is 0 Å².